The molecule has 5 nitrogen and oxygen atoms in total. The molecule has 1 aromatic heterocycles. The molecule has 1 aliphatic rings. The summed E-state index contributed by atoms with van der Waals surface area (Å²) in [6.45, 7) is 4.58. The number of rotatable bonds is 4. The number of carbonyl (C=O) groups excluding carboxylic acids is 2. The van der Waals surface area contributed by atoms with Gasteiger partial charge in [-0.2, -0.15) is 0 Å². The number of amides is 2. The minimum absolute atomic E-state index is 0.0755. The molecule has 0 atom stereocenters. The van der Waals surface area contributed by atoms with Gasteiger partial charge in [-0.05, 0) is 66.4 Å². The van der Waals surface area contributed by atoms with Crippen molar-refractivity contribution in [2.45, 2.75) is 26.8 Å². The molecule has 0 radical (unpaired) electrons. The summed E-state index contributed by atoms with van der Waals surface area (Å²) in [6, 6.07) is 17.4. The van der Waals surface area contributed by atoms with Gasteiger partial charge in [0.25, 0.3) is 5.91 Å². The molecule has 1 aliphatic heterocycles. The van der Waals surface area contributed by atoms with Crippen molar-refractivity contribution in [3.63, 3.8) is 0 Å². The molecule has 0 bridgehead atoms. The van der Waals surface area contributed by atoms with Crippen LogP contribution in [0.3, 0.4) is 0 Å². The number of aryl methyl sites for hydroxylation is 1. The highest BCUT2D eigenvalue weighted by Gasteiger charge is 2.22. The van der Waals surface area contributed by atoms with Gasteiger partial charge in [0.1, 0.15) is 11.5 Å². The lowest BCUT2D eigenvalue weighted by atomic mass is 10.0. The van der Waals surface area contributed by atoms with E-state index >= 15 is 0 Å². The Kier molecular flexibility index (Phi) is 4.74. The third-order valence-corrected chi connectivity index (χ3v) is 5.05. The highest BCUT2D eigenvalue weighted by Crippen LogP contribution is 2.32. The van der Waals surface area contributed by atoms with Gasteiger partial charge in [0.15, 0.2) is 0 Å². The topological polar surface area (TPSA) is 62.6 Å². The third-order valence-electron chi connectivity index (χ3n) is 5.05. The summed E-state index contributed by atoms with van der Waals surface area (Å²) in [4.78, 5) is 25.8. The van der Waals surface area contributed by atoms with E-state index < -0.39 is 0 Å². The molecule has 1 N–H and O–H groups in total. The molecular weight excluding hydrogens is 352 g/mol. The predicted octanol–water partition coefficient (Wildman–Crippen LogP) is 4.09. The van der Waals surface area contributed by atoms with E-state index in [2.05, 4.69) is 11.4 Å². The van der Waals surface area contributed by atoms with Crippen molar-refractivity contribution in [3.8, 4) is 11.1 Å². The Labute approximate surface area is 164 Å². The number of hydrogen-bond donors (Lipinski definition) is 1. The summed E-state index contributed by atoms with van der Waals surface area (Å²) in [7, 11) is 0. The molecule has 0 unspecified atom stereocenters. The van der Waals surface area contributed by atoms with Gasteiger partial charge in [-0.3, -0.25) is 9.59 Å². The highest BCUT2D eigenvalue weighted by molar-refractivity contribution is 5.95. The van der Waals surface area contributed by atoms with Crippen molar-refractivity contribution >= 4 is 17.5 Å². The van der Waals surface area contributed by atoms with E-state index in [1.54, 1.807) is 6.92 Å². The Hall–Kier alpha value is -3.34. The van der Waals surface area contributed by atoms with Gasteiger partial charge >= 0.3 is 0 Å². The van der Waals surface area contributed by atoms with Crippen LogP contribution in [0.2, 0.25) is 0 Å². The highest BCUT2D eigenvalue weighted by atomic mass is 16.3. The normalized spacial score (nSPS) is 12.7. The van der Waals surface area contributed by atoms with Crippen LogP contribution < -0.4 is 10.2 Å². The molecule has 3 aromatic rings. The maximum absolute atomic E-state index is 12.3. The number of hydrogen-bond acceptors (Lipinski definition) is 3. The first kappa shape index (κ1) is 18.0. The molecule has 2 amide bonds. The zero-order valence-corrected chi connectivity index (χ0v) is 16.0. The van der Waals surface area contributed by atoms with Crippen LogP contribution in [0.15, 0.2) is 59.0 Å². The summed E-state index contributed by atoms with van der Waals surface area (Å²) in [5, 5.41) is 2.87. The van der Waals surface area contributed by atoms with Crippen LogP contribution in [0.5, 0.6) is 0 Å². The van der Waals surface area contributed by atoms with Crippen LogP contribution >= 0.6 is 0 Å². The van der Waals surface area contributed by atoms with Gasteiger partial charge in [0.2, 0.25) is 5.91 Å². The molecule has 0 saturated carbocycles. The van der Waals surface area contributed by atoms with Crippen LogP contribution in [-0.2, 0) is 17.8 Å². The van der Waals surface area contributed by atoms with E-state index in [-0.39, 0.29) is 11.8 Å². The van der Waals surface area contributed by atoms with Gasteiger partial charge < -0.3 is 14.6 Å². The molecule has 4 rings (SSSR count). The number of anilines is 1. The SMILES string of the molecule is CC(=O)N1CCc2cc(-c3ccc(C(=O)NCc4ccc(C)o4)cc3)ccc21. The van der Waals surface area contributed by atoms with Crippen LogP contribution in [0, 0.1) is 6.92 Å². The molecule has 142 valence electrons. The van der Waals surface area contributed by atoms with Crippen molar-refractivity contribution in [3.05, 3.63) is 77.2 Å². The molecule has 0 fully saturated rings. The first-order chi connectivity index (χ1) is 13.5. The second kappa shape index (κ2) is 7.35. The number of furan rings is 1. The van der Waals surface area contributed by atoms with Crippen molar-refractivity contribution in [2.24, 2.45) is 0 Å². The summed E-state index contributed by atoms with van der Waals surface area (Å²) in [5.41, 5.74) is 4.92. The van der Waals surface area contributed by atoms with Crippen molar-refractivity contribution in [1.29, 1.82) is 0 Å². The Morgan fingerprint density at radius 1 is 1.04 bits per heavy atom. The minimum atomic E-state index is -0.133. The second-order valence-corrected chi connectivity index (χ2v) is 7.04. The molecular formula is C23H22N2O3. The second-order valence-electron chi connectivity index (χ2n) is 7.04. The molecule has 2 aromatic carbocycles. The Morgan fingerprint density at radius 3 is 2.46 bits per heavy atom. The van der Waals surface area contributed by atoms with Gasteiger partial charge in [-0.15, -0.1) is 0 Å². The van der Waals surface area contributed by atoms with E-state index in [1.807, 2.05) is 60.4 Å². The maximum atomic E-state index is 12.3. The molecule has 2 heterocycles. The van der Waals surface area contributed by atoms with Crippen LogP contribution in [0.25, 0.3) is 11.1 Å². The molecule has 5 heteroatoms. The summed E-state index contributed by atoms with van der Waals surface area (Å²) < 4.78 is 5.47. The molecule has 0 aliphatic carbocycles. The first-order valence-corrected chi connectivity index (χ1v) is 9.36. The van der Waals surface area contributed by atoms with Gasteiger partial charge in [-0.25, -0.2) is 0 Å². The van der Waals surface area contributed by atoms with E-state index in [1.165, 1.54) is 5.56 Å². The Morgan fingerprint density at radius 2 is 1.79 bits per heavy atom. The van der Waals surface area contributed by atoms with Crippen LogP contribution in [0.1, 0.15) is 34.4 Å². The molecule has 0 saturated heterocycles. The van der Waals surface area contributed by atoms with E-state index in [4.69, 9.17) is 4.42 Å². The third kappa shape index (κ3) is 3.56. The van der Waals surface area contributed by atoms with Crippen molar-refractivity contribution in [1.82, 2.24) is 5.32 Å². The van der Waals surface area contributed by atoms with Gasteiger partial charge in [0.05, 0.1) is 6.54 Å². The van der Waals surface area contributed by atoms with E-state index in [0.29, 0.717) is 12.1 Å². The maximum Gasteiger partial charge on any atom is 0.251 e. The number of fused-ring (bicyclic) bond motifs is 1. The zero-order valence-electron chi connectivity index (χ0n) is 16.0. The Bertz CT molecular complexity index is 1030. The van der Waals surface area contributed by atoms with Crippen LogP contribution in [0.4, 0.5) is 5.69 Å². The summed E-state index contributed by atoms with van der Waals surface area (Å²) in [5.74, 6) is 1.51. The standard InChI is InChI=1S/C23H22N2O3/c1-15-3-9-21(28-15)14-24-23(27)18-6-4-17(5-7-18)19-8-10-22-20(13-19)11-12-25(22)16(2)26/h3-10,13H,11-12,14H2,1-2H3,(H,24,27). The van der Waals surface area contributed by atoms with Crippen molar-refractivity contribution in [2.75, 3.05) is 11.4 Å². The number of benzene rings is 2. The van der Waals surface area contributed by atoms with Gasteiger partial charge in [-0.1, -0.05) is 18.2 Å². The number of nitrogens with one attached hydrogen (secondary N) is 1. The lowest BCUT2D eigenvalue weighted by molar-refractivity contribution is -0.116. The summed E-state index contributed by atoms with van der Waals surface area (Å²) in [6.07, 6.45) is 0.871. The fourth-order valence-corrected chi connectivity index (χ4v) is 3.57. The van der Waals surface area contributed by atoms with E-state index in [0.717, 1.165) is 41.3 Å². The zero-order chi connectivity index (χ0) is 19.7. The van der Waals surface area contributed by atoms with Crippen LogP contribution in [-0.4, -0.2) is 18.4 Å². The average Bonchev–Trinajstić information content (AvgIpc) is 3.31. The van der Waals surface area contributed by atoms with Crippen molar-refractivity contribution < 1.29 is 14.0 Å². The minimum Gasteiger partial charge on any atom is -0.465 e. The largest absolute Gasteiger partial charge is 0.465 e. The smallest absolute Gasteiger partial charge is 0.251 e. The predicted molar refractivity (Wildman–Crippen MR) is 108 cm³/mol. The number of nitrogens with zero attached hydrogens (tertiary/aromatic N) is 1. The number of carbonyl (C=O) groups is 2. The molecule has 0 spiro atoms. The first-order valence-electron chi connectivity index (χ1n) is 9.36. The lowest BCUT2D eigenvalue weighted by Crippen LogP contribution is -2.25. The Balaban J connectivity index is 1.46. The monoisotopic (exact) mass is 374 g/mol. The lowest BCUT2D eigenvalue weighted by Gasteiger charge is -2.15. The fraction of sp³-hybridized carbons (Fsp3) is 0.217. The quantitative estimate of drug-likeness (QED) is 0.748. The fourth-order valence-electron chi connectivity index (χ4n) is 3.57. The van der Waals surface area contributed by atoms with Gasteiger partial charge in [0, 0.05) is 24.7 Å². The summed E-state index contributed by atoms with van der Waals surface area (Å²) >= 11 is 0. The average molecular weight is 374 g/mol. The van der Waals surface area contributed by atoms with E-state index in [9.17, 15) is 9.59 Å². The molecule has 28 heavy (non-hydrogen) atoms.